The average Bonchev–Trinajstić information content (AvgIpc) is 2.63. The Morgan fingerprint density at radius 1 is 1.11 bits per heavy atom. The van der Waals surface area contributed by atoms with Gasteiger partial charge in [0.05, 0.1) is 0 Å². The highest BCUT2D eigenvalue weighted by atomic mass is 16.6. The quantitative estimate of drug-likeness (QED) is 0.270. The zero-order valence-corrected chi connectivity index (χ0v) is 17.0. The summed E-state index contributed by atoms with van der Waals surface area (Å²) in [7, 11) is 0. The van der Waals surface area contributed by atoms with Gasteiger partial charge in [-0.15, -0.1) is 0 Å². The third-order valence-corrected chi connectivity index (χ3v) is 3.96. The highest BCUT2D eigenvalue weighted by molar-refractivity contribution is 6.03. The number of aryl methyl sites for hydroxylation is 1. The zero-order valence-electron chi connectivity index (χ0n) is 17.0. The molecule has 0 saturated heterocycles. The largest absolute Gasteiger partial charge is 0.461 e. The van der Waals surface area contributed by atoms with E-state index in [0.29, 0.717) is 6.42 Å². The molecule has 0 spiro atoms. The van der Waals surface area contributed by atoms with Crippen LogP contribution in [0.25, 0.3) is 0 Å². The van der Waals surface area contributed by atoms with Gasteiger partial charge in [-0.25, -0.2) is 0 Å². The molecule has 2 unspecified atom stereocenters. The fourth-order valence-electron chi connectivity index (χ4n) is 2.64. The molecule has 0 radical (unpaired) electrons. The lowest BCUT2D eigenvalue weighted by Gasteiger charge is -2.25. The standard InChI is InChI=1S/C22H31NO5/c1-5-15-27-20(25)18(19(23)21(26)28-22(2,3)4)17(24)14-10-9-13-16-11-7-6-8-12-16/h5-8,11-12,18-19H,1,9-10,13-15,23H2,2-4H3. The summed E-state index contributed by atoms with van der Waals surface area (Å²) in [6.07, 6.45) is 3.72. The van der Waals surface area contributed by atoms with Gasteiger partial charge < -0.3 is 15.2 Å². The fourth-order valence-corrected chi connectivity index (χ4v) is 2.64. The second-order valence-corrected chi connectivity index (χ2v) is 7.61. The Labute approximate surface area is 167 Å². The van der Waals surface area contributed by atoms with Crippen molar-refractivity contribution in [3.8, 4) is 0 Å². The average molecular weight is 389 g/mol. The second-order valence-electron chi connectivity index (χ2n) is 7.61. The van der Waals surface area contributed by atoms with Gasteiger partial charge >= 0.3 is 11.9 Å². The molecule has 0 saturated carbocycles. The number of ketones is 1. The summed E-state index contributed by atoms with van der Waals surface area (Å²) in [4.78, 5) is 37.3. The molecular weight excluding hydrogens is 358 g/mol. The number of hydrogen-bond acceptors (Lipinski definition) is 6. The maximum atomic E-state index is 12.7. The minimum atomic E-state index is -1.40. The minimum Gasteiger partial charge on any atom is -0.461 e. The lowest BCUT2D eigenvalue weighted by molar-refractivity contribution is -0.165. The molecule has 0 aliphatic carbocycles. The second kappa shape index (κ2) is 11.4. The van der Waals surface area contributed by atoms with Crippen molar-refractivity contribution < 1.29 is 23.9 Å². The van der Waals surface area contributed by atoms with Gasteiger partial charge in [0, 0.05) is 6.42 Å². The Morgan fingerprint density at radius 2 is 1.75 bits per heavy atom. The molecule has 6 nitrogen and oxygen atoms in total. The summed E-state index contributed by atoms with van der Waals surface area (Å²) in [6.45, 7) is 8.48. The molecule has 0 aliphatic rings. The Bertz CT molecular complexity index is 663. The first kappa shape index (κ1) is 23.6. The number of nitrogens with two attached hydrogens (primary N) is 1. The Balaban J connectivity index is 2.71. The minimum absolute atomic E-state index is 0.0579. The van der Waals surface area contributed by atoms with Gasteiger partial charge in [-0.2, -0.15) is 0 Å². The fraction of sp³-hybridized carbons (Fsp3) is 0.500. The summed E-state index contributed by atoms with van der Waals surface area (Å²) < 4.78 is 10.2. The van der Waals surface area contributed by atoms with Crippen LogP contribution in [0.5, 0.6) is 0 Å². The van der Waals surface area contributed by atoms with E-state index in [1.807, 2.05) is 30.3 Å². The highest BCUT2D eigenvalue weighted by Gasteiger charge is 2.39. The maximum absolute atomic E-state index is 12.7. The summed E-state index contributed by atoms with van der Waals surface area (Å²) in [5, 5.41) is 0. The molecule has 2 N–H and O–H groups in total. The molecule has 2 atom stereocenters. The predicted molar refractivity (Wildman–Crippen MR) is 107 cm³/mol. The van der Waals surface area contributed by atoms with E-state index in [-0.39, 0.29) is 13.0 Å². The monoisotopic (exact) mass is 389 g/mol. The first-order chi connectivity index (χ1) is 13.2. The molecule has 1 rings (SSSR count). The van der Waals surface area contributed by atoms with Crippen LogP contribution >= 0.6 is 0 Å². The van der Waals surface area contributed by atoms with Crippen molar-refractivity contribution in [2.24, 2.45) is 11.7 Å². The molecule has 28 heavy (non-hydrogen) atoms. The summed E-state index contributed by atoms with van der Waals surface area (Å²) >= 11 is 0. The van der Waals surface area contributed by atoms with Crippen LogP contribution in [0.15, 0.2) is 43.0 Å². The van der Waals surface area contributed by atoms with Crippen molar-refractivity contribution in [2.45, 2.75) is 58.1 Å². The Kier molecular flexibility index (Phi) is 9.59. The van der Waals surface area contributed by atoms with Crippen LogP contribution in [-0.2, 0) is 30.3 Å². The first-order valence-corrected chi connectivity index (χ1v) is 9.48. The molecular formula is C22H31NO5. The molecule has 1 aromatic carbocycles. The van der Waals surface area contributed by atoms with E-state index in [9.17, 15) is 14.4 Å². The molecule has 0 aromatic heterocycles. The Morgan fingerprint density at radius 3 is 2.32 bits per heavy atom. The number of carbonyl (C=O) groups excluding carboxylic acids is 3. The molecule has 154 valence electrons. The van der Waals surface area contributed by atoms with Crippen LogP contribution in [-0.4, -0.2) is 36.0 Å². The Hall–Kier alpha value is -2.47. The third-order valence-electron chi connectivity index (χ3n) is 3.96. The van der Waals surface area contributed by atoms with Gasteiger partial charge in [0.15, 0.2) is 0 Å². The first-order valence-electron chi connectivity index (χ1n) is 9.48. The zero-order chi connectivity index (χ0) is 21.2. The van der Waals surface area contributed by atoms with E-state index in [2.05, 4.69) is 6.58 Å². The number of benzene rings is 1. The summed E-state index contributed by atoms with van der Waals surface area (Å²) in [5.41, 5.74) is 6.32. The topological polar surface area (TPSA) is 95.7 Å². The van der Waals surface area contributed by atoms with Gasteiger partial charge in [0.1, 0.15) is 30.0 Å². The van der Waals surface area contributed by atoms with E-state index in [1.165, 1.54) is 11.6 Å². The molecule has 0 bridgehead atoms. The maximum Gasteiger partial charge on any atom is 0.324 e. The van der Waals surface area contributed by atoms with Crippen LogP contribution in [0.2, 0.25) is 0 Å². The van der Waals surface area contributed by atoms with Gasteiger partial charge in [-0.1, -0.05) is 43.0 Å². The van der Waals surface area contributed by atoms with Gasteiger partial charge in [-0.05, 0) is 45.6 Å². The predicted octanol–water partition coefficient (Wildman–Crippen LogP) is 2.98. The number of hydrogen-bond donors (Lipinski definition) is 1. The van der Waals surface area contributed by atoms with Crippen molar-refractivity contribution in [1.29, 1.82) is 0 Å². The highest BCUT2D eigenvalue weighted by Crippen LogP contribution is 2.17. The van der Waals surface area contributed by atoms with Crippen LogP contribution in [0.3, 0.4) is 0 Å². The number of Topliss-reactive ketones (excluding diaryl/α,β-unsaturated/α-hetero) is 1. The molecule has 0 aliphatic heterocycles. The van der Waals surface area contributed by atoms with E-state index in [0.717, 1.165) is 12.8 Å². The molecule has 6 heteroatoms. The number of ether oxygens (including phenoxy) is 2. The van der Waals surface area contributed by atoms with E-state index < -0.39 is 35.3 Å². The van der Waals surface area contributed by atoms with Crippen LogP contribution in [0, 0.1) is 5.92 Å². The van der Waals surface area contributed by atoms with Crippen LogP contribution in [0.1, 0.15) is 45.6 Å². The summed E-state index contributed by atoms with van der Waals surface area (Å²) in [5.74, 6) is -3.43. The molecule has 0 amide bonds. The molecule has 0 heterocycles. The van der Waals surface area contributed by atoms with Crippen LogP contribution in [0.4, 0.5) is 0 Å². The smallest absolute Gasteiger partial charge is 0.324 e. The van der Waals surface area contributed by atoms with Gasteiger partial charge in [0.2, 0.25) is 0 Å². The lowest BCUT2D eigenvalue weighted by atomic mass is 9.91. The third kappa shape index (κ3) is 8.48. The number of rotatable bonds is 11. The SMILES string of the molecule is C=CCOC(=O)C(C(=O)CCCCc1ccccc1)C(N)C(=O)OC(C)(C)C. The van der Waals surface area contributed by atoms with E-state index >= 15 is 0 Å². The van der Waals surface area contributed by atoms with Gasteiger partial charge in [-0.3, -0.25) is 14.4 Å². The van der Waals surface area contributed by atoms with Crippen molar-refractivity contribution in [2.75, 3.05) is 6.61 Å². The van der Waals surface area contributed by atoms with Crippen molar-refractivity contribution in [3.63, 3.8) is 0 Å². The lowest BCUT2D eigenvalue weighted by Crippen LogP contribution is -2.49. The molecule has 0 fully saturated rings. The van der Waals surface area contributed by atoms with E-state index in [4.69, 9.17) is 15.2 Å². The number of esters is 2. The molecule has 1 aromatic rings. The van der Waals surface area contributed by atoms with Crippen LogP contribution < -0.4 is 5.73 Å². The summed E-state index contributed by atoms with van der Waals surface area (Å²) in [6, 6.07) is 8.52. The van der Waals surface area contributed by atoms with Crippen molar-refractivity contribution >= 4 is 17.7 Å². The van der Waals surface area contributed by atoms with E-state index in [1.54, 1.807) is 20.8 Å². The number of carbonyl (C=O) groups is 3. The van der Waals surface area contributed by atoms with Crippen molar-refractivity contribution in [3.05, 3.63) is 48.6 Å². The van der Waals surface area contributed by atoms with Gasteiger partial charge in [0.25, 0.3) is 0 Å². The van der Waals surface area contributed by atoms with Crippen molar-refractivity contribution in [1.82, 2.24) is 0 Å². The number of unbranched alkanes of at least 4 members (excludes halogenated alkanes) is 1. The normalized spacial score (nSPS) is 13.3.